The fourth-order valence-corrected chi connectivity index (χ4v) is 3.91. The van der Waals surface area contributed by atoms with Crippen molar-refractivity contribution in [3.63, 3.8) is 0 Å². The van der Waals surface area contributed by atoms with E-state index in [1.54, 1.807) is 26.1 Å². The predicted molar refractivity (Wildman–Crippen MR) is 110 cm³/mol. The first-order valence-electron chi connectivity index (χ1n) is 10.1. The number of hydrogen-bond donors (Lipinski definition) is 2. The molecule has 11 nitrogen and oxygen atoms in total. The summed E-state index contributed by atoms with van der Waals surface area (Å²) < 4.78 is 0. The summed E-state index contributed by atoms with van der Waals surface area (Å²) in [5.41, 5.74) is -1.32. The van der Waals surface area contributed by atoms with Crippen LogP contribution < -0.4 is 10.2 Å². The number of rotatable bonds is 5. The van der Waals surface area contributed by atoms with E-state index in [-0.39, 0.29) is 19.4 Å². The molecule has 3 amide bonds. The molecule has 30 heavy (non-hydrogen) atoms. The second-order valence-electron chi connectivity index (χ2n) is 8.04. The molecule has 0 saturated carbocycles. The van der Waals surface area contributed by atoms with Crippen LogP contribution in [-0.2, 0) is 9.59 Å². The molecule has 0 aromatic carbocycles. The molecule has 2 atom stereocenters. The standard InChI is InChI=1S/C19H29N7O4/c1-5-15(27)26-19(2,8-11-25(26)18(29)30)16(28)21-14-6-9-20-17(22-14)24-10-7-13(12-24)23(3)4/h6,9,13H,5,7-8,10-12H2,1-4H3,(H,29,30)(H,20,21,22,28)/t13-,19?/m0/s1. The first kappa shape index (κ1) is 21.8. The van der Waals surface area contributed by atoms with E-state index in [1.807, 2.05) is 14.1 Å². The highest BCUT2D eigenvalue weighted by molar-refractivity contribution is 6.00. The normalized spacial score (nSPS) is 23.9. The molecule has 2 saturated heterocycles. The van der Waals surface area contributed by atoms with E-state index >= 15 is 0 Å². The molecule has 2 aliphatic heterocycles. The minimum Gasteiger partial charge on any atom is -0.464 e. The lowest BCUT2D eigenvalue weighted by molar-refractivity contribution is -0.155. The zero-order valence-corrected chi connectivity index (χ0v) is 17.8. The van der Waals surface area contributed by atoms with Gasteiger partial charge < -0.3 is 20.2 Å². The van der Waals surface area contributed by atoms with Crippen LogP contribution in [0, 0.1) is 0 Å². The van der Waals surface area contributed by atoms with Crippen molar-refractivity contribution in [1.29, 1.82) is 0 Å². The number of hydrogen-bond acceptors (Lipinski definition) is 7. The van der Waals surface area contributed by atoms with E-state index in [0.29, 0.717) is 17.8 Å². The highest BCUT2D eigenvalue weighted by Gasteiger charge is 2.51. The van der Waals surface area contributed by atoms with Crippen molar-refractivity contribution < 1.29 is 19.5 Å². The maximum absolute atomic E-state index is 13.1. The number of nitrogens with one attached hydrogen (secondary N) is 1. The first-order chi connectivity index (χ1) is 14.2. The number of carbonyl (C=O) groups is 3. The van der Waals surface area contributed by atoms with Crippen LogP contribution in [0.3, 0.4) is 0 Å². The summed E-state index contributed by atoms with van der Waals surface area (Å²) in [6.45, 7) is 4.90. The molecule has 2 aliphatic rings. The predicted octanol–water partition coefficient (Wildman–Crippen LogP) is 0.851. The molecule has 1 aromatic heterocycles. The van der Waals surface area contributed by atoms with Gasteiger partial charge >= 0.3 is 6.09 Å². The number of carbonyl (C=O) groups excluding carboxylic acids is 2. The minimum atomic E-state index is -1.32. The van der Waals surface area contributed by atoms with Crippen LogP contribution in [0.4, 0.5) is 16.6 Å². The van der Waals surface area contributed by atoms with Gasteiger partial charge in [0.1, 0.15) is 11.4 Å². The Morgan fingerprint density at radius 3 is 2.67 bits per heavy atom. The van der Waals surface area contributed by atoms with Gasteiger partial charge in [0.15, 0.2) is 0 Å². The zero-order chi connectivity index (χ0) is 22.1. The van der Waals surface area contributed by atoms with E-state index in [2.05, 4.69) is 25.1 Å². The molecule has 1 unspecified atom stereocenters. The molecule has 2 N–H and O–H groups in total. The van der Waals surface area contributed by atoms with Gasteiger partial charge in [-0.2, -0.15) is 4.98 Å². The lowest BCUT2D eigenvalue weighted by Crippen LogP contribution is -2.58. The van der Waals surface area contributed by atoms with E-state index in [4.69, 9.17) is 0 Å². The Kier molecular flexibility index (Phi) is 6.11. The van der Waals surface area contributed by atoms with Crippen molar-refractivity contribution in [3.8, 4) is 0 Å². The number of likely N-dealkylation sites (N-methyl/N-ethyl adjacent to an activating group) is 1. The van der Waals surface area contributed by atoms with Crippen LogP contribution in [0.1, 0.15) is 33.1 Å². The summed E-state index contributed by atoms with van der Waals surface area (Å²) in [5.74, 6) is -0.0624. The van der Waals surface area contributed by atoms with Crippen LogP contribution in [0.2, 0.25) is 0 Å². The van der Waals surface area contributed by atoms with Crippen LogP contribution in [-0.4, -0.2) is 93.2 Å². The van der Waals surface area contributed by atoms with Crippen LogP contribution in [0.15, 0.2) is 12.3 Å². The zero-order valence-electron chi connectivity index (χ0n) is 17.8. The number of amides is 3. The van der Waals surface area contributed by atoms with Gasteiger partial charge in [-0.1, -0.05) is 6.92 Å². The van der Waals surface area contributed by atoms with E-state index < -0.39 is 23.4 Å². The number of nitrogens with zero attached hydrogens (tertiary/aromatic N) is 6. The third-order valence-corrected chi connectivity index (χ3v) is 5.83. The fraction of sp³-hybridized carbons (Fsp3) is 0.632. The molecular weight excluding hydrogens is 390 g/mol. The third kappa shape index (κ3) is 4.02. The van der Waals surface area contributed by atoms with Gasteiger partial charge in [-0.25, -0.2) is 19.8 Å². The molecule has 0 spiro atoms. The number of hydrazine groups is 1. The van der Waals surface area contributed by atoms with Crippen molar-refractivity contribution >= 4 is 29.7 Å². The maximum atomic E-state index is 13.1. The Bertz CT molecular complexity index is 833. The summed E-state index contributed by atoms with van der Waals surface area (Å²) in [6.07, 6.45) is 1.61. The van der Waals surface area contributed by atoms with Gasteiger partial charge in [-0.15, -0.1) is 0 Å². The molecule has 11 heteroatoms. The van der Waals surface area contributed by atoms with E-state index in [9.17, 15) is 19.5 Å². The average molecular weight is 419 g/mol. The molecule has 0 aliphatic carbocycles. The highest BCUT2D eigenvalue weighted by Crippen LogP contribution is 2.32. The molecule has 3 heterocycles. The van der Waals surface area contributed by atoms with Crippen LogP contribution in [0.5, 0.6) is 0 Å². The van der Waals surface area contributed by atoms with Gasteiger partial charge in [0, 0.05) is 44.7 Å². The van der Waals surface area contributed by atoms with E-state index in [0.717, 1.165) is 29.5 Å². The Balaban J connectivity index is 1.77. The fourth-order valence-electron chi connectivity index (χ4n) is 3.91. The Labute approximate surface area is 175 Å². The highest BCUT2D eigenvalue weighted by atomic mass is 16.4. The van der Waals surface area contributed by atoms with Crippen molar-refractivity contribution in [2.45, 2.75) is 44.7 Å². The summed E-state index contributed by atoms with van der Waals surface area (Å²) >= 11 is 0. The summed E-state index contributed by atoms with van der Waals surface area (Å²) in [4.78, 5) is 50.1. The number of aromatic nitrogens is 2. The van der Waals surface area contributed by atoms with Gasteiger partial charge in [0.25, 0.3) is 5.91 Å². The molecule has 2 fully saturated rings. The summed E-state index contributed by atoms with van der Waals surface area (Å²) in [7, 11) is 4.08. The number of carboxylic acid groups (broad SMARTS) is 1. The maximum Gasteiger partial charge on any atom is 0.426 e. The second kappa shape index (κ2) is 8.42. The first-order valence-corrected chi connectivity index (χ1v) is 10.1. The molecule has 0 bridgehead atoms. The van der Waals surface area contributed by atoms with Gasteiger partial charge in [0.05, 0.1) is 0 Å². The largest absolute Gasteiger partial charge is 0.464 e. The molecule has 164 valence electrons. The van der Waals surface area contributed by atoms with Crippen molar-refractivity contribution in [3.05, 3.63) is 12.3 Å². The van der Waals surface area contributed by atoms with Gasteiger partial charge in [-0.05, 0) is 33.5 Å². The number of anilines is 2. The summed E-state index contributed by atoms with van der Waals surface area (Å²) in [6, 6.07) is 2.00. The third-order valence-electron chi connectivity index (χ3n) is 5.83. The second-order valence-corrected chi connectivity index (χ2v) is 8.04. The summed E-state index contributed by atoms with van der Waals surface area (Å²) in [5, 5.41) is 14.1. The monoisotopic (exact) mass is 419 g/mol. The van der Waals surface area contributed by atoms with Gasteiger partial charge in [-0.3, -0.25) is 9.59 Å². The lowest BCUT2D eigenvalue weighted by atomic mass is 9.97. The quantitative estimate of drug-likeness (QED) is 0.720. The minimum absolute atomic E-state index is 0.0692. The Morgan fingerprint density at radius 2 is 2.07 bits per heavy atom. The topological polar surface area (TPSA) is 122 Å². The molecule has 1 aromatic rings. The lowest BCUT2D eigenvalue weighted by Gasteiger charge is -2.36. The van der Waals surface area contributed by atoms with Crippen LogP contribution in [0.25, 0.3) is 0 Å². The SMILES string of the molecule is CCC(=O)N1N(C(=O)O)CCC1(C)C(=O)Nc1ccnc(N2CC[C@H](N(C)C)C2)n1. The van der Waals surface area contributed by atoms with Crippen molar-refractivity contribution in [1.82, 2.24) is 24.9 Å². The average Bonchev–Trinajstić information content (AvgIpc) is 3.33. The van der Waals surface area contributed by atoms with Crippen molar-refractivity contribution in [2.75, 3.05) is 43.9 Å². The van der Waals surface area contributed by atoms with E-state index in [1.165, 1.54) is 0 Å². The molecule has 0 radical (unpaired) electrons. The van der Waals surface area contributed by atoms with Gasteiger partial charge in [0.2, 0.25) is 11.9 Å². The smallest absolute Gasteiger partial charge is 0.426 e. The van der Waals surface area contributed by atoms with Crippen molar-refractivity contribution in [2.24, 2.45) is 0 Å². The molecule has 3 rings (SSSR count). The molecular formula is C19H29N7O4. The Hall–Kier alpha value is -2.95. The van der Waals surface area contributed by atoms with Crippen LogP contribution >= 0.6 is 0 Å². The Morgan fingerprint density at radius 1 is 1.33 bits per heavy atom.